The van der Waals surface area contributed by atoms with Gasteiger partial charge in [0, 0.05) is 73.1 Å². The topological polar surface area (TPSA) is 70.4 Å². The second kappa shape index (κ2) is 9.64. The highest BCUT2D eigenvalue weighted by atomic mass is 19.1. The number of rotatable bonds is 8. The first-order chi connectivity index (χ1) is 17.1. The predicted molar refractivity (Wildman–Crippen MR) is 129 cm³/mol. The fourth-order valence-electron chi connectivity index (χ4n) is 5.45. The Balaban J connectivity index is 1.47. The maximum atomic E-state index is 15.6. The number of hydrogen-bond donors (Lipinski definition) is 2. The first-order valence-electron chi connectivity index (χ1n) is 12.2. The molecule has 0 bridgehead atoms. The highest BCUT2D eigenvalue weighted by Gasteiger charge is 2.41. The minimum Gasteiger partial charge on any atom is -0.492 e. The summed E-state index contributed by atoms with van der Waals surface area (Å²) in [6, 6.07) is 4.88. The SMILES string of the molecule is CC1Cc2c([nH]c3ncccc23)C(c2c(F)cc(OCCN3CC(CF)C3)cc2F)N1CC(C)(N)F. The lowest BCUT2D eigenvalue weighted by Gasteiger charge is -2.42. The zero-order chi connectivity index (χ0) is 25.6. The number of aromatic amines is 1. The van der Waals surface area contributed by atoms with Crippen LogP contribution in [0.15, 0.2) is 30.5 Å². The third kappa shape index (κ3) is 4.81. The molecule has 0 amide bonds. The molecule has 3 atom stereocenters. The fraction of sp³-hybridized carbons (Fsp3) is 0.500. The van der Waals surface area contributed by atoms with Gasteiger partial charge in [-0.2, -0.15) is 0 Å². The Morgan fingerprint density at radius 1 is 1.25 bits per heavy atom. The summed E-state index contributed by atoms with van der Waals surface area (Å²) in [5.41, 5.74) is 7.62. The molecule has 0 radical (unpaired) electrons. The quantitative estimate of drug-likeness (QED) is 0.356. The van der Waals surface area contributed by atoms with Crippen LogP contribution in [-0.4, -0.2) is 71.1 Å². The van der Waals surface area contributed by atoms with Gasteiger partial charge in [-0.1, -0.05) is 0 Å². The van der Waals surface area contributed by atoms with E-state index in [1.165, 1.54) is 6.92 Å². The summed E-state index contributed by atoms with van der Waals surface area (Å²) >= 11 is 0. The Kier molecular flexibility index (Phi) is 6.69. The zero-order valence-electron chi connectivity index (χ0n) is 20.4. The molecule has 5 rings (SSSR count). The van der Waals surface area contributed by atoms with Crippen LogP contribution in [-0.2, 0) is 6.42 Å². The number of nitrogens with one attached hydrogen (secondary N) is 1. The number of pyridine rings is 1. The van der Waals surface area contributed by atoms with Gasteiger partial charge >= 0.3 is 0 Å². The molecular weight excluding hydrogens is 474 g/mol. The summed E-state index contributed by atoms with van der Waals surface area (Å²) in [6.45, 7) is 4.69. The Hall–Kier alpha value is -2.69. The van der Waals surface area contributed by atoms with Gasteiger partial charge in [0.1, 0.15) is 29.6 Å². The lowest BCUT2D eigenvalue weighted by atomic mass is 9.87. The van der Waals surface area contributed by atoms with Gasteiger partial charge in [-0.05, 0) is 38.0 Å². The number of alkyl halides is 2. The monoisotopic (exact) mass is 505 g/mol. The first kappa shape index (κ1) is 25.0. The van der Waals surface area contributed by atoms with Crippen LogP contribution in [0.4, 0.5) is 17.6 Å². The third-order valence-corrected chi connectivity index (χ3v) is 7.13. The summed E-state index contributed by atoms with van der Waals surface area (Å²) in [4.78, 5) is 11.3. The van der Waals surface area contributed by atoms with Crippen molar-refractivity contribution >= 4 is 11.0 Å². The van der Waals surface area contributed by atoms with Crippen LogP contribution in [0.25, 0.3) is 11.0 Å². The van der Waals surface area contributed by atoms with Gasteiger partial charge in [-0.25, -0.2) is 18.2 Å². The molecule has 2 aliphatic rings. The summed E-state index contributed by atoms with van der Waals surface area (Å²) in [7, 11) is 0. The fourth-order valence-corrected chi connectivity index (χ4v) is 5.45. The molecule has 2 aliphatic heterocycles. The van der Waals surface area contributed by atoms with Crippen molar-refractivity contribution in [1.82, 2.24) is 19.8 Å². The molecule has 1 saturated heterocycles. The van der Waals surface area contributed by atoms with E-state index in [4.69, 9.17) is 10.5 Å². The number of aromatic nitrogens is 2. The van der Waals surface area contributed by atoms with Gasteiger partial charge in [0.25, 0.3) is 0 Å². The largest absolute Gasteiger partial charge is 0.492 e. The molecule has 36 heavy (non-hydrogen) atoms. The molecule has 4 heterocycles. The lowest BCUT2D eigenvalue weighted by Crippen LogP contribution is -2.52. The van der Waals surface area contributed by atoms with Crippen molar-refractivity contribution < 1.29 is 22.3 Å². The van der Waals surface area contributed by atoms with E-state index in [2.05, 4.69) is 9.97 Å². The molecule has 6 nitrogen and oxygen atoms in total. The molecule has 2 aromatic heterocycles. The molecule has 194 valence electrons. The van der Waals surface area contributed by atoms with E-state index >= 15 is 8.78 Å². The Labute approximate surface area is 207 Å². The Morgan fingerprint density at radius 2 is 1.97 bits per heavy atom. The van der Waals surface area contributed by atoms with Gasteiger partial charge in [0.15, 0.2) is 5.79 Å². The van der Waals surface area contributed by atoms with Gasteiger partial charge in [-0.3, -0.25) is 19.9 Å². The Bertz CT molecular complexity index is 1210. The maximum absolute atomic E-state index is 15.6. The van der Waals surface area contributed by atoms with E-state index in [0.29, 0.717) is 37.4 Å². The van der Waals surface area contributed by atoms with E-state index in [1.807, 2.05) is 24.0 Å². The number of benzene rings is 1. The van der Waals surface area contributed by atoms with Crippen LogP contribution in [0, 0.1) is 17.6 Å². The third-order valence-electron chi connectivity index (χ3n) is 7.13. The number of likely N-dealkylation sites (tertiary alicyclic amines) is 1. The number of ether oxygens (including phenoxy) is 1. The molecule has 1 aromatic carbocycles. The van der Waals surface area contributed by atoms with E-state index in [-0.39, 0.29) is 43.1 Å². The molecule has 0 saturated carbocycles. The Morgan fingerprint density at radius 3 is 2.64 bits per heavy atom. The van der Waals surface area contributed by atoms with Crippen LogP contribution in [0.3, 0.4) is 0 Å². The van der Waals surface area contributed by atoms with Gasteiger partial charge in [0.05, 0.1) is 12.7 Å². The number of hydrogen-bond acceptors (Lipinski definition) is 5. The average Bonchev–Trinajstić information content (AvgIpc) is 3.14. The smallest absolute Gasteiger partial charge is 0.169 e. The van der Waals surface area contributed by atoms with Crippen LogP contribution < -0.4 is 10.5 Å². The summed E-state index contributed by atoms with van der Waals surface area (Å²) in [5, 5.41) is 0.876. The van der Waals surface area contributed by atoms with E-state index in [1.54, 1.807) is 11.1 Å². The van der Waals surface area contributed by atoms with Crippen molar-refractivity contribution in [3.8, 4) is 5.75 Å². The molecule has 0 spiro atoms. The number of fused-ring (bicyclic) bond motifs is 3. The van der Waals surface area contributed by atoms with Crippen LogP contribution in [0.5, 0.6) is 5.75 Å². The van der Waals surface area contributed by atoms with Crippen molar-refractivity contribution in [1.29, 1.82) is 0 Å². The van der Waals surface area contributed by atoms with Crippen LogP contribution in [0.2, 0.25) is 0 Å². The van der Waals surface area contributed by atoms with Gasteiger partial charge in [0.2, 0.25) is 0 Å². The van der Waals surface area contributed by atoms with Crippen molar-refractivity contribution in [2.24, 2.45) is 11.7 Å². The number of halogens is 4. The van der Waals surface area contributed by atoms with Crippen LogP contribution >= 0.6 is 0 Å². The van der Waals surface area contributed by atoms with Crippen molar-refractivity contribution in [3.63, 3.8) is 0 Å². The maximum Gasteiger partial charge on any atom is 0.169 e. The van der Waals surface area contributed by atoms with Crippen LogP contribution in [0.1, 0.15) is 36.7 Å². The van der Waals surface area contributed by atoms with E-state index < -0.39 is 23.5 Å². The minimum atomic E-state index is -2.07. The number of nitrogens with zero attached hydrogens (tertiary/aromatic N) is 3. The number of nitrogens with two attached hydrogens (primary N) is 1. The molecule has 1 fully saturated rings. The molecule has 3 N–H and O–H groups in total. The van der Waals surface area contributed by atoms with E-state index in [0.717, 1.165) is 23.1 Å². The minimum absolute atomic E-state index is 0.0597. The van der Waals surface area contributed by atoms with Crippen molar-refractivity contribution in [2.75, 3.05) is 39.5 Å². The second-order valence-corrected chi connectivity index (χ2v) is 10.3. The van der Waals surface area contributed by atoms with Crippen molar-refractivity contribution in [2.45, 2.75) is 38.1 Å². The van der Waals surface area contributed by atoms with Crippen molar-refractivity contribution in [3.05, 3.63) is 58.9 Å². The lowest BCUT2D eigenvalue weighted by molar-refractivity contribution is 0.0573. The highest BCUT2D eigenvalue weighted by molar-refractivity contribution is 5.82. The molecular formula is C26H31F4N5O. The van der Waals surface area contributed by atoms with Gasteiger partial charge < -0.3 is 9.72 Å². The average molecular weight is 506 g/mol. The molecule has 0 aliphatic carbocycles. The normalized spacial score (nSPS) is 22.9. The summed E-state index contributed by atoms with van der Waals surface area (Å²) < 4.78 is 64.0. The second-order valence-electron chi connectivity index (χ2n) is 10.3. The highest BCUT2D eigenvalue weighted by Crippen LogP contribution is 2.43. The zero-order valence-corrected chi connectivity index (χ0v) is 20.4. The molecule has 3 unspecified atom stereocenters. The summed E-state index contributed by atoms with van der Waals surface area (Å²) in [5.74, 6) is -3.51. The first-order valence-corrected chi connectivity index (χ1v) is 12.2. The van der Waals surface area contributed by atoms with E-state index in [9.17, 15) is 8.78 Å². The standard InChI is InChI=1S/C26H31F4N5O/c1-15-8-19-18-4-3-5-32-25(18)33-23(19)24(35(15)14-26(2,30)31)22-20(28)9-17(10-21(22)29)36-7-6-34-12-16(11-27)13-34/h3-5,9-10,15-16,24H,6-8,11-14,31H2,1-2H3,(H,32,33). The number of H-pyrrole nitrogens is 1. The molecule has 10 heteroatoms. The molecule has 3 aromatic rings. The predicted octanol–water partition coefficient (Wildman–Crippen LogP) is 4.10. The van der Waals surface area contributed by atoms with Gasteiger partial charge in [-0.15, -0.1) is 0 Å². The summed E-state index contributed by atoms with van der Waals surface area (Å²) in [6.07, 6.45) is 2.20.